The number of fused-ring (bicyclic) bond motifs is 9. The Morgan fingerprint density at radius 1 is 0.365 bits per heavy atom. The van der Waals surface area contributed by atoms with Crippen LogP contribution in [0.2, 0.25) is 0 Å². The molecule has 0 atom stereocenters. The van der Waals surface area contributed by atoms with Gasteiger partial charge >= 0.3 is 0 Å². The van der Waals surface area contributed by atoms with Crippen LogP contribution < -0.4 is 0 Å². The number of hydrogen-bond acceptors (Lipinski definition) is 1. The Kier molecular flexibility index (Phi) is 6.08. The molecule has 1 aliphatic carbocycles. The predicted octanol–water partition coefficient (Wildman–Crippen LogP) is 14.4. The van der Waals surface area contributed by atoms with E-state index in [-0.39, 0.29) is 5.41 Å². The van der Waals surface area contributed by atoms with Gasteiger partial charge in [0, 0.05) is 16.2 Å². The molecule has 244 valence electrons. The van der Waals surface area contributed by atoms with Gasteiger partial charge in [0.05, 0.1) is 0 Å². The first-order valence-corrected chi connectivity index (χ1v) is 18.2. The Morgan fingerprint density at radius 2 is 0.904 bits per heavy atom. The van der Waals surface area contributed by atoms with Gasteiger partial charge in [-0.25, -0.2) is 0 Å². The van der Waals surface area contributed by atoms with Gasteiger partial charge in [-0.2, -0.15) is 0 Å². The van der Waals surface area contributed by atoms with Crippen LogP contribution in [0.25, 0.3) is 98.8 Å². The van der Waals surface area contributed by atoms with Gasteiger partial charge in [0.2, 0.25) is 0 Å². The van der Waals surface area contributed by atoms with Crippen LogP contribution in [-0.4, -0.2) is 0 Å². The Balaban J connectivity index is 1.10. The molecule has 10 aromatic rings. The molecule has 11 rings (SSSR count). The maximum absolute atomic E-state index is 6.11. The summed E-state index contributed by atoms with van der Waals surface area (Å²) < 4.78 is 6.11. The smallest absolute Gasteiger partial charge is 0.135 e. The lowest BCUT2D eigenvalue weighted by molar-refractivity contribution is 0.663. The van der Waals surface area contributed by atoms with Crippen LogP contribution in [0.3, 0.4) is 0 Å². The van der Waals surface area contributed by atoms with Gasteiger partial charge in [-0.3, -0.25) is 0 Å². The van der Waals surface area contributed by atoms with E-state index in [4.69, 9.17) is 4.42 Å². The molecule has 1 aromatic heterocycles. The van der Waals surface area contributed by atoms with E-state index in [1.54, 1.807) is 0 Å². The monoisotopic (exact) mass is 662 g/mol. The summed E-state index contributed by atoms with van der Waals surface area (Å²) in [5.74, 6) is 0. The van der Waals surface area contributed by atoms with Gasteiger partial charge in [-0.05, 0) is 118 Å². The molecule has 0 saturated carbocycles. The third-order valence-corrected chi connectivity index (χ3v) is 11.6. The van der Waals surface area contributed by atoms with E-state index < -0.39 is 0 Å². The van der Waals surface area contributed by atoms with E-state index in [1.807, 2.05) is 12.1 Å². The van der Waals surface area contributed by atoms with Crippen LogP contribution in [-0.2, 0) is 5.41 Å². The van der Waals surface area contributed by atoms with Gasteiger partial charge in [-0.15, -0.1) is 0 Å². The number of benzene rings is 9. The highest BCUT2D eigenvalue weighted by Crippen LogP contribution is 2.55. The molecule has 1 heterocycles. The van der Waals surface area contributed by atoms with Gasteiger partial charge < -0.3 is 4.42 Å². The van der Waals surface area contributed by atoms with E-state index in [0.717, 1.165) is 21.9 Å². The van der Waals surface area contributed by atoms with Crippen molar-refractivity contribution in [3.05, 3.63) is 181 Å². The summed E-state index contributed by atoms with van der Waals surface area (Å²) in [4.78, 5) is 0. The SMILES string of the molecule is CC1(C)c2cc3ccccc3cc2-c2cccc(-c3c4ccccc4c(-c4ccc(-c5ccc6oc7ccccc7c6c5)cc4)c4ccccc34)c21. The molecule has 52 heavy (non-hydrogen) atoms. The number of hydrogen-bond donors (Lipinski definition) is 0. The molecule has 0 aliphatic heterocycles. The molecule has 0 bridgehead atoms. The molecule has 9 aromatic carbocycles. The Hall–Kier alpha value is -6.44. The average molecular weight is 663 g/mol. The zero-order valence-electron chi connectivity index (χ0n) is 29.1. The Labute approximate surface area is 302 Å². The molecule has 1 aliphatic rings. The second kappa shape index (κ2) is 10.8. The van der Waals surface area contributed by atoms with Crippen molar-refractivity contribution in [3.63, 3.8) is 0 Å². The van der Waals surface area contributed by atoms with Crippen molar-refractivity contribution >= 4 is 54.3 Å². The summed E-state index contributed by atoms with van der Waals surface area (Å²) in [5.41, 5.74) is 14.7. The summed E-state index contributed by atoms with van der Waals surface area (Å²) in [7, 11) is 0. The summed E-state index contributed by atoms with van der Waals surface area (Å²) >= 11 is 0. The van der Waals surface area contributed by atoms with Gasteiger partial charge in [0.15, 0.2) is 0 Å². The maximum atomic E-state index is 6.11. The second-order valence-corrected chi connectivity index (χ2v) is 14.8. The lowest BCUT2D eigenvalue weighted by Gasteiger charge is -2.26. The van der Waals surface area contributed by atoms with Crippen molar-refractivity contribution in [1.82, 2.24) is 0 Å². The number of para-hydroxylation sites is 1. The fraction of sp³-hybridized carbons (Fsp3) is 0.0588. The van der Waals surface area contributed by atoms with Crippen LogP contribution in [0.1, 0.15) is 25.0 Å². The third kappa shape index (κ3) is 4.11. The van der Waals surface area contributed by atoms with Crippen molar-refractivity contribution in [2.75, 3.05) is 0 Å². The summed E-state index contributed by atoms with van der Waals surface area (Å²) in [6.07, 6.45) is 0. The second-order valence-electron chi connectivity index (χ2n) is 14.8. The molecule has 0 saturated heterocycles. The van der Waals surface area contributed by atoms with Crippen molar-refractivity contribution in [1.29, 1.82) is 0 Å². The van der Waals surface area contributed by atoms with Crippen LogP contribution in [0.5, 0.6) is 0 Å². The molecule has 0 amide bonds. The minimum atomic E-state index is -0.159. The zero-order valence-corrected chi connectivity index (χ0v) is 29.1. The lowest BCUT2D eigenvalue weighted by atomic mass is 9.76. The van der Waals surface area contributed by atoms with E-state index in [2.05, 4.69) is 172 Å². The van der Waals surface area contributed by atoms with E-state index in [9.17, 15) is 0 Å². The largest absolute Gasteiger partial charge is 0.456 e. The fourth-order valence-electron chi connectivity index (χ4n) is 9.24. The van der Waals surface area contributed by atoms with Crippen LogP contribution in [0.4, 0.5) is 0 Å². The molecule has 0 N–H and O–H groups in total. The third-order valence-electron chi connectivity index (χ3n) is 11.6. The van der Waals surface area contributed by atoms with E-state index in [1.165, 1.54) is 88.0 Å². The van der Waals surface area contributed by atoms with Gasteiger partial charge in [-0.1, -0.05) is 153 Å². The van der Waals surface area contributed by atoms with Crippen molar-refractivity contribution in [2.45, 2.75) is 19.3 Å². The number of furan rings is 1. The molecular weight excluding hydrogens is 629 g/mol. The first kappa shape index (κ1) is 29.3. The topological polar surface area (TPSA) is 13.1 Å². The summed E-state index contributed by atoms with van der Waals surface area (Å²) in [5, 5.41) is 9.99. The average Bonchev–Trinajstić information content (AvgIpc) is 3.67. The minimum absolute atomic E-state index is 0.159. The highest BCUT2D eigenvalue weighted by Gasteiger charge is 2.38. The lowest BCUT2D eigenvalue weighted by Crippen LogP contribution is -2.16. The van der Waals surface area contributed by atoms with Crippen molar-refractivity contribution < 1.29 is 4.42 Å². The molecule has 0 spiro atoms. The van der Waals surface area contributed by atoms with Gasteiger partial charge in [0.25, 0.3) is 0 Å². The van der Waals surface area contributed by atoms with Crippen LogP contribution in [0.15, 0.2) is 174 Å². The predicted molar refractivity (Wildman–Crippen MR) is 220 cm³/mol. The highest BCUT2D eigenvalue weighted by molar-refractivity contribution is 6.22. The fourth-order valence-corrected chi connectivity index (χ4v) is 9.24. The van der Waals surface area contributed by atoms with Crippen molar-refractivity contribution in [2.24, 2.45) is 0 Å². The minimum Gasteiger partial charge on any atom is -0.456 e. The van der Waals surface area contributed by atoms with E-state index >= 15 is 0 Å². The highest BCUT2D eigenvalue weighted by atomic mass is 16.3. The van der Waals surface area contributed by atoms with Gasteiger partial charge in [0.1, 0.15) is 11.2 Å². The molecular formula is C51H34O. The zero-order chi connectivity index (χ0) is 34.6. The quantitative estimate of drug-likeness (QED) is 0.172. The number of rotatable bonds is 3. The normalized spacial score (nSPS) is 13.3. The summed E-state index contributed by atoms with van der Waals surface area (Å²) in [6, 6.07) is 62.5. The van der Waals surface area contributed by atoms with Crippen LogP contribution in [0, 0.1) is 0 Å². The molecule has 0 fully saturated rings. The Bertz CT molecular complexity index is 3030. The molecule has 0 unspecified atom stereocenters. The summed E-state index contributed by atoms with van der Waals surface area (Å²) in [6.45, 7) is 4.81. The van der Waals surface area contributed by atoms with E-state index in [0.29, 0.717) is 0 Å². The Morgan fingerprint density at radius 3 is 1.62 bits per heavy atom. The molecule has 1 heteroatoms. The van der Waals surface area contributed by atoms with Crippen molar-refractivity contribution in [3.8, 4) is 44.5 Å². The maximum Gasteiger partial charge on any atom is 0.135 e. The molecule has 0 radical (unpaired) electrons. The standard InChI is InChI=1S/C51H34O/c1-51(2)45-30-34-13-4-3-12-33(34)28-43(45)41-19-11-20-42(50(41)51)49-39-17-7-5-15-37(39)48(38-16-6-8-18-40(38)49)32-24-22-31(23-25-32)35-26-27-47-44(29-35)36-14-9-10-21-46(36)52-47/h3-30H,1-2H3. The molecule has 1 nitrogen and oxygen atoms in total. The first-order chi connectivity index (χ1) is 25.5. The van der Waals surface area contributed by atoms with Crippen LogP contribution >= 0.6 is 0 Å². The first-order valence-electron chi connectivity index (χ1n) is 18.2.